The van der Waals surface area contributed by atoms with Crippen LogP contribution in [-0.4, -0.2) is 4.98 Å². The van der Waals surface area contributed by atoms with Crippen molar-refractivity contribution >= 4 is 28.3 Å². The van der Waals surface area contributed by atoms with Gasteiger partial charge in [0.15, 0.2) is 0 Å². The van der Waals surface area contributed by atoms with Crippen LogP contribution in [0.5, 0.6) is 0 Å². The van der Waals surface area contributed by atoms with Gasteiger partial charge in [-0.2, -0.15) is 5.26 Å². The van der Waals surface area contributed by atoms with Gasteiger partial charge in [0, 0.05) is 5.69 Å². The number of hydrogen-bond acceptors (Lipinski definition) is 3. The minimum absolute atomic E-state index is 0.00958. The van der Waals surface area contributed by atoms with Gasteiger partial charge in [-0.1, -0.05) is 0 Å². The number of rotatable bonds is 2. The minimum atomic E-state index is -2.63. The van der Waals surface area contributed by atoms with Crippen LogP contribution < -0.4 is 5.73 Å². The van der Waals surface area contributed by atoms with Crippen LogP contribution in [0.3, 0.4) is 0 Å². The van der Waals surface area contributed by atoms with Crippen molar-refractivity contribution in [3.8, 4) is 6.07 Å². The second-order valence-corrected chi connectivity index (χ2v) is 3.56. The van der Waals surface area contributed by atoms with Crippen LogP contribution in [-0.2, 0) is 6.42 Å². The topological polar surface area (TPSA) is 62.7 Å². The van der Waals surface area contributed by atoms with Crippen LogP contribution in [0.2, 0.25) is 0 Å². The smallest absolute Gasteiger partial charge is 0.268 e. The Morgan fingerprint density at radius 1 is 1.64 bits per heavy atom. The molecule has 0 radical (unpaired) electrons. The van der Waals surface area contributed by atoms with Gasteiger partial charge in [-0.25, -0.2) is 13.8 Å². The number of nitriles is 1. The lowest BCUT2D eigenvalue weighted by atomic mass is 10.2. The second kappa shape index (κ2) is 4.50. The van der Waals surface area contributed by atoms with Gasteiger partial charge in [-0.05, 0) is 28.7 Å². The molecule has 1 aromatic heterocycles. The maximum Gasteiger partial charge on any atom is 0.268 e. The number of pyridine rings is 1. The second-order valence-electron chi connectivity index (χ2n) is 2.54. The molecule has 0 aliphatic rings. The third kappa shape index (κ3) is 2.29. The molecule has 1 rings (SSSR count). The lowest BCUT2D eigenvalue weighted by Gasteiger charge is -2.07. The Balaban J connectivity index is 3.19. The Morgan fingerprint density at radius 2 is 2.29 bits per heavy atom. The Labute approximate surface area is 93.1 Å². The van der Waals surface area contributed by atoms with Gasteiger partial charge in [-0.15, -0.1) is 0 Å². The summed E-state index contributed by atoms with van der Waals surface area (Å²) in [7, 11) is 0. The van der Waals surface area contributed by atoms with Crippen LogP contribution in [0.4, 0.5) is 14.5 Å². The van der Waals surface area contributed by atoms with Gasteiger partial charge in [0.2, 0.25) is 0 Å². The highest BCUT2D eigenvalue weighted by Gasteiger charge is 2.17. The van der Waals surface area contributed by atoms with E-state index in [1.807, 2.05) is 6.07 Å². The van der Waals surface area contributed by atoms with Crippen LogP contribution in [0, 0.1) is 15.0 Å². The van der Waals surface area contributed by atoms with Gasteiger partial charge in [0.05, 0.1) is 23.7 Å². The molecule has 0 bridgehead atoms. The van der Waals surface area contributed by atoms with Crippen LogP contribution in [0.25, 0.3) is 0 Å². The van der Waals surface area contributed by atoms with E-state index >= 15 is 0 Å². The molecule has 14 heavy (non-hydrogen) atoms. The number of alkyl halides is 2. The lowest BCUT2D eigenvalue weighted by molar-refractivity contribution is 0.150. The van der Waals surface area contributed by atoms with E-state index in [4.69, 9.17) is 11.0 Å². The zero-order chi connectivity index (χ0) is 10.7. The van der Waals surface area contributed by atoms with Gasteiger partial charge in [0.1, 0.15) is 3.70 Å². The molecule has 0 atom stereocenters. The molecule has 0 aliphatic carbocycles. The first kappa shape index (κ1) is 11.1. The summed E-state index contributed by atoms with van der Waals surface area (Å²) in [6, 6.07) is 3.19. The van der Waals surface area contributed by atoms with Crippen molar-refractivity contribution in [1.82, 2.24) is 4.98 Å². The molecule has 0 spiro atoms. The fourth-order valence-electron chi connectivity index (χ4n) is 0.983. The summed E-state index contributed by atoms with van der Waals surface area (Å²) in [4.78, 5) is 3.85. The minimum Gasteiger partial charge on any atom is -0.398 e. The highest BCUT2D eigenvalue weighted by molar-refractivity contribution is 14.1. The molecule has 0 saturated carbocycles. The third-order valence-corrected chi connectivity index (χ3v) is 2.40. The van der Waals surface area contributed by atoms with E-state index in [0.717, 1.165) is 0 Å². The van der Waals surface area contributed by atoms with Crippen molar-refractivity contribution in [1.29, 1.82) is 5.26 Å². The Kier molecular flexibility index (Phi) is 3.57. The van der Waals surface area contributed by atoms with Gasteiger partial charge >= 0.3 is 0 Å². The first-order valence-corrected chi connectivity index (χ1v) is 4.74. The highest BCUT2D eigenvalue weighted by Crippen LogP contribution is 2.29. The molecule has 0 amide bonds. The number of aromatic nitrogens is 1. The average molecular weight is 309 g/mol. The molecule has 1 heterocycles. The largest absolute Gasteiger partial charge is 0.398 e. The summed E-state index contributed by atoms with van der Waals surface area (Å²) in [6.45, 7) is 0. The Bertz CT molecular complexity index is 364. The van der Waals surface area contributed by atoms with Gasteiger partial charge < -0.3 is 5.73 Å². The van der Waals surface area contributed by atoms with E-state index in [9.17, 15) is 8.78 Å². The SMILES string of the molecule is N#CCc1cc(N)c(C(F)F)c(I)n1. The van der Waals surface area contributed by atoms with Gasteiger partial charge in [0.25, 0.3) is 6.43 Å². The summed E-state index contributed by atoms with van der Waals surface area (Å²) in [5.41, 5.74) is 5.57. The standard InChI is InChI=1S/C8H6F2IN3/c9-7(10)6-5(13)3-4(1-2-12)14-8(6)11/h3,7H,1H2,(H2,13,14). The molecule has 2 N–H and O–H groups in total. The molecule has 3 nitrogen and oxygen atoms in total. The molecule has 74 valence electrons. The van der Waals surface area contributed by atoms with Crippen LogP contribution in [0.1, 0.15) is 17.7 Å². The molecule has 1 aromatic rings. The first-order chi connectivity index (χ1) is 6.56. The molecule has 0 unspecified atom stereocenters. The summed E-state index contributed by atoms with van der Waals surface area (Å²) in [5, 5.41) is 8.40. The van der Waals surface area contributed by atoms with Crippen molar-refractivity contribution in [2.24, 2.45) is 0 Å². The zero-order valence-corrected chi connectivity index (χ0v) is 9.12. The first-order valence-electron chi connectivity index (χ1n) is 3.66. The quantitative estimate of drug-likeness (QED) is 0.673. The molecular formula is C8H6F2IN3. The zero-order valence-electron chi connectivity index (χ0n) is 6.97. The number of halogens is 3. The van der Waals surface area contributed by atoms with E-state index in [2.05, 4.69) is 4.98 Å². The van der Waals surface area contributed by atoms with Crippen molar-refractivity contribution in [3.05, 3.63) is 21.0 Å². The third-order valence-electron chi connectivity index (χ3n) is 1.58. The van der Waals surface area contributed by atoms with E-state index in [1.54, 1.807) is 22.6 Å². The lowest BCUT2D eigenvalue weighted by Crippen LogP contribution is -2.03. The Morgan fingerprint density at radius 3 is 2.71 bits per heavy atom. The monoisotopic (exact) mass is 309 g/mol. The fourth-order valence-corrected chi connectivity index (χ4v) is 1.84. The maximum atomic E-state index is 12.4. The summed E-state index contributed by atoms with van der Waals surface area (Å²) >= 11 is 1.69. The fraction of sp³-hybridized carbons (Fsp3) is 0.250. The Hall–Kier alpha value is -0.970. The van der Waals surface area contributed by atoms with E-state index in [1.165, 1.54) is 6.07 Å². The molecule has 6 heteroatoms. The normalized spacial score (nSPS) is 10.2. The summed E-state index contributed by atoms with van der Waals surface area (Å²) in [6.07, 6.45) is -2.56. The van der Waals surface area contributed by atoms with Crippen molar-refractivity contribution in [2.45, 2.75) is 12.8 Å². The summed E-state index contributed by atoms with van der Waals surface area (Å²) in [5.74, 6) is 0. The van der Waals surface area contributed by atoms with Crippen molar-refractivity contribution in [2.75, 3.05) is 5.73 Å². The number of anilines is 1. The predicted molar refractivity (Wildman–Crippen MR) is 55.6 cm³/mol. The van der Waals surface area contributed by atoms with E-state index in [-0.39, 0.29) is 21.4 Å². The van der Waals surface area contributed by atoms with Gasteiger partial charge in [-0.3, -0.25) is 0 Å². The number of hydrogen-bond donors (Lipinski definition) is 1. The average Bonchev–Trinajstić information content (AvgIpc) is 2.01. The summed E-state index contributed by atoms with van der Waals surface area (Å²) < 4.78 is 25.0. The molecule has 0 saturated heterocycles. The van der Waals surface area contributed by atoms with E-state index < -0.39 is 6.43 Å². The number of nitrogens with two attached hydrogens (primary N) is 1. The highest BCUT2D eigenvalue weighted by atomic mass is 127. The van der Waals surface area contributed by atoms with Crippen LogP contribution in [0.15, 0.2) is 6.07 Å². The molecule has 0 fully saturated rings. The van der Waals surface area contributed by atoms with Crippen LogP contribution >= 0.6 is 22.6 Å². The number of nitrogen functional groups attached to an aromatic ring is 1. The predicted octanol–water partition coefficient (Wildman–Crippen LogP) is 2.27. The molecule has 0 aliphatic heterocycles. The molecular weight excluding hydrogens is 303 g/mol. The molecule has 0 aromatic carbocycles. The number of nitrogens with zero attached hydrogens (tertiary/aromatic N) is 2. The van der Waals surface area contributed by atoms with Crippen molar-refractivity contribution in [3.63, 3.8) is 0 Å². The maximum absolute atomic E-state index is 12.4. The van der Waals surface area contributed by atoms with E-state index in [0.29, 0.717) is 5.69 Å². The van der Waals surface area contributed by atoms with Crippen molar-refractivity contribution < 1.29 is 8.78 Å².